The van der Waals surface area contributed by atoms with Crippen molar-refractivity contribution in [1.82, 2.24) is 40.0 Å². The van der Waals surface area contributed by atoms with E-state index in [1.165, 1.54) is 9.80 Å². The van der Waals surface area contributed by atoms with Crippen LogP contribution >= 0.6 is 0 Å². The second-order valence-corrected chi connectivity index (χ2v) is 31.7. The van der Waals surface area contributed by atoms with Gasteiger partial charge in [-0.25, -0.2) is 0 Å². The Hall–Kier alpha value is -7.67. The maximum absolute atomic E-state index is 14.7. The molecule has 0 unspecified atom stereocenters. The standard InChI is InChI=1S/C74H111N13O12/c1-48(2)86-43-62(88)75-52-17-21-55(22-18-52)99-56-23-19-53(20-24-56)76-63(89)44-87(49(3)4)69(95)47-98-81-61-40-59-70-58-26-25-57(74(58,61)13)50(5)16-27-66(92)84(41-64(90)77-71(6,7)8)32-14-30-82-34-36-83(37-35-82)31-15-33-85(42-65(91)78-72(9,10)11)67(93)45-97-80-60(70)39-51-38-54(28-29-73(51,59)12)79-96-46-68(86)94/h17-24,48-51,57-59,70H,14-16,25-47H2,1-13H3,(H,75,88)(H,76,89)(H,77,90)(H,78,91)/b79-54+,80-60+,81-61+/t50-,51-,57-,58+,59+,70+,73+,74-/m1/s1. The minimum absolute atomic E-state index is 0.0251. The molecule has 0 radical (unpaired) electrons. The van der Waals surface area contributed by atoms with Crippen molar-refractivity contribution in [2.45, 2.75) is 184 Å². The lowest BCUT2D eigenvalue weighted by Gasteiger charge is -2.60. The first-order chi connectivity index (χ1) is 46.8. The SMILES string of the molecule is CC(C)N1CC(=O)Nc2ccc(cc2)Oc2ccc(cc2)NC(=O)CN(C(C)C)C(=O)CO/N=C2\C[C@H]3[C@H]4/C(=N/OCC(=O)N(CC(=O)NC(C)(C)C)CCCN5CCN(CCCN(CC(=O)NC(C)(C)C)C(=O)CC[C@@H](C)[C@H]6CC[C@@H]4[C@]26C)CC5)C[C@H]2C/C(=N/OCC1=O)CC[C@@]23C. The molecular formula is C74H111N13O12. The molecule has 1 saturated heterocycles. The van der Waals surface area contributed by atoms with Crippen LogP contribution in [0.15, 0.2) is 64.0 Å². The third-order valence-corrected chi connectivity index (χ3v) is 21.6. The summed E-state index contributed by atoms with van der Waals surface area (Å²) < 4.78 is 6.08. The van der Waals surface area contributed by atoms with Gasteiger partial charge in [0.15, 0.2) is 19.8 Å². The molecule has 2 aromatic rings. The lowest BCUT2D eigenvalue weighted by molar-refractivity contribution is -0.140. The number of nitrogens with one attached hydrogen (secondary N) is 4. The molecule has 2 aromatic carbocycles. The van der Waals surface area contributed by atoms with Crippen molar-refractivity contribution in [3.8, 4) is 11.5 Å². The van der Waals surface area contributed by atoms with Gasteiger partial charge in [0.2, 0.25) is 29.5 Å². The highest BCUT2D eigenvalue weighted by Crippen LogP contribution is 2.67. The minimum atomic E-state index is -0.669. The Kier molecular flexibility index (Phi) is 25.0. The average molecular weight is 1370 g/mol. The van der Waals surface area contributed by atoms with E-state index in [4.69, 9.17) is 29.6 Å². The summed E-state index contributed by atoms with van der Waals surface area (Å²) in [4.78, 5) is 142. The van der Waals surface area contributed by atoms with E-state index in [-0.39, 0.29) is 116 Å². The van der Waals surface area contributed by atoms with Gasteiger partial charge in [-0.05, 0) is 230 Å². The van der Waals surface area contributed by atoms with E-state index < -0.39 is 53.3 Å². The van der Waals surface area contributed by atoms with Gasteiger partial charge >= 0.3 is 0 Å². The Labute approximate surface area is 585 Å². The quantitative estimate of drug-likeness (QED) is 0.212. The summed E-state index contributed by atoms with van der Waals surface area (Å²) in [5.74, 6) is -2.04. The molecule has 25 heteroatoms. The first-order valence-corrected chi connectivity index (χ1v) is 36.1. The van der Waals surface area contributed by atoms with Crippen LogP contribution in [-0.2, 0) is 52.9 Å². The number of oxime groups is 3. The van der Waals surface area contributed by atoms with Crippen LogP contribution in [-0.4, -0.2) is 215 Å². The molecule has 8 heterocycles. The number of rotatable bonds is 6. The second kappa shape index (κ2) is 32.8. The van der Waals surface area contributed by atoms with Crippen molar-refractivity contribution in [3.63, 3.8) is 0 Å². The van der Waals surface area contributed by atoms with Crippen molar-refractivity contribution >= 4 is 75.8 Å². The highest BCUT2D eigenvalue weighted by atomic mass is 16.6. The molecule has 0 spiro atoms. The van der Waals surface area contributed by atoms with Crippen LogP contribution in [0.4, 0.5) is 11.4 Å². The molecule has 14 rings (SSSR count). The van der Waals surface area contributed by atoms with E-state index in [0.29, 0.717) is 87.3 Å². The smallest absolute Gasteiger partial charge is 0.264 e. The molecule has 4 saturated carbocycles. The van der Waals surface area contributed by atoms with Crippen molar-refractivity contribution in [2.24, 2.45) is 61.8 Å². The summed E-state index contributed by atoms with van der Waals surface area (Å²) in [6, 6.07) is 12.9. The normalized spacial score (nSPS) is 30.4. The van der Waals surface area contributed by atoms with Gasteiger partial charge in [-0.2, -0.15) is 0 Å². The fourth-order valence-corrected chi connectivity index (χ4v) is 16.5. The summed E-state index contributed by atoms with van der Waals surface area (Å²) in [5.41, 5.74) is 1.35. The van der Waals surface area contributed by atoms with Crippen LogP contribution < -0.4 is 26.0 Å². The monoisotopic (exact) mass is 1370 g/mol. The van der Waals surface area contributed by atoms with Crippen LogP contribution in [0.2, 0.25) is 0 Å². The molecule has 544 valence electrons. The molecule has 15 bridgehead atoms. The Morgan fingerprint density at radius 3 is 1.55 bits per heavy atom. The van der Waals surface area contributed by atoms with Crippen molar-refractivity contribution in [2.75, 3.05) is 109 Å². The van der Waals surface area contributed by atoms with Gasteiger partial charge in [-0.15, -0.1) is 0 Å². The maximum atomic E-state index is 14.7. The zero-order valence-electron chi connectivity index (χ0n) is 61.0. The van der Waals surface area contributed by atoms with Gasteiger partial charge < -0.3 is 69.9 Å². The van der Waals surface area contributed by atoms with E-state index in [1.807, 2.05) is 69.2 Å². The lowest BCUT2D eigenvalue weighted by Crippen LogP contribution is -2.60. The summed E-state index contributed by atoms with van der Waals surface area (Å²) in [6.07, 6.45) is 6.39. The van der Waals surface area contributed by atoms with Crippen LogP contribution in [0.25, 0.3) is 0 Å². The fraction of sp³-hybridized carbons (Fsp3) is 0.689. The number of carbonyl (C=O) groups excluding carboxylic acids is 8. The van der Waals surface area contributed by atoms with Gasteiger partial charge in [0.05, 0.1) is 30.2 Å². The van der Waals surface area contributed by atoms with Gasteiger partial charge in [-0.1, -0.05) is 36.2 Å². The van der Waals surface area contributed by atoms with Gasteiger partial charge in [0, 0.05) is 91.6 Å². The molecule has 4 N–H and O–H groups in total. The van der Waals surface area contributed by atoms with Crippen LogP contribution in [0, 0.1) is 46.3 Å². The number of carbonyl (C=O) groups is 8. The third kappa shape index (κ3) is 19.9. The van der Waals surface area contributed by atoms with Crippen LogP contribution in [0.1, 0.15) is 161 Å². The maximum Gasteiger partial charge on any atom is 0.264 e. The highest BCUT2D eigenvalue weighted by Gasteiger charge is 2.65. The second-order valence-electron chi connectivity index (χ2n) is 31.7. The van der Waals surface area contributed by atoms with Crippen LogP contribution in [0.3, 0.4) is 0 Å². The van der Waals surface area contributed by atoms with E-state index in [2.05, 4.69) is 57.0 Å². The molecule has 0 aromatic heterocycles. The first kappa shape index (κ1) is 75.5. The Bertz CT molecular complexity index is 3300. The summed E-state index contributed by atoms with van der Waals surface area (Å²) in [7, 11) is 0. The number of hydrogen-bond donors (Lipinski definition) is 4. The van der Waals surface area contributed by atoms with Gasteiger partial charge in [0.25, 0.3) is 17.7 Å². The molecule has 8 aliphatic heterocycles. The molecule has 25 nitrogen and oxygen atoms in total. The number of nitrogens with zero attached hydrogens (tertiary/aromatic N) is 9. The van der Waals surface area contributed by atoms with E-state index in [9.17, 15) is 38.4 Å². The molecule has 8 amide bonds. The number of amides is 8. The summed E-state index contributed by atoms with van der Waals surface area (Å²) >= 11 is 0. The van der Waals surface area contributed by atoms with Crippen molar-refractivity contribution < 1.29 is 57.6 Å². The predicted octanol–water partition coefficient (Wildman–Crippen LogP) is 8.15. The molecule has 5 fully saturated rings. The lowest BCUT2D eigenvalue weighted by atomic mass is 9.43. The van der Waals surface area contributed by atoms with E-state index in [0.717, 1.165) is 69.2 Å². The fourth-order valence-electron chi connectivity index (χ4n) is 16.5. The number of benzene rings is 2. The molecule has 99 heavy (non-hydrogen) atoms. The van der Waals surface area contributed by atoms with Crippen molar-refractivity contribution in [1.29, 1.82) is 0 Å². The molecule has 8 atom stereocenters. The summed E-state index contributed by atoms with van der Waals surface area (Å²) in [5, 5.41) is 26.7. The number of hydrogen-bond acceptors (Lipinski definition) is 17. The number of piperazine rings is 1. The first-order valence-electron chi connectivity index (χ1n) is 36.1. The minimum Gasteiger partial charge on any atom is -0.457 e. The van der Waals surface area contributed by atoms with Gasteiger partial charge in [-0.3, -0.25) is 38.4 Å². The molecule has 12 aliphatic rings. The zero-order chi connectivity index (χ0) is 71.6. The average Bonchev–Trinajstić information content (AvgIpc) is 1.67. The van der Waals surface area contributed by atoms with Gasteiger partial charge in [0.1, 0.15) is 24.6 Å². The van der Waals surface area contributed by atoms with Crippen molar-refractivity contribution in [3.05, 3.63) is 48.5 Å². The number of fused-ring (bicyclic) bond motifs is 17. The molecule has 4 aliphatic carbocycles. The Balaban J connectivity index is 1.08. The topological polar surface area (TPSA) is 278 Å². The zero-order valence-corrected chi connectivity index (χ0v) is 61.0. The van der Waals surface area contributed by atoms with Crippen LogP contribution in [0.5, 0.6) is 11.5 Å². The predicted molar refractivity (Wildman–Crippen MR) is 380 cm³/mol. The Morgan fingerprint density at radius 1 is 0.566 bits per heavy atom. The highest BCUT2D eigenvalue weighted by molar-refractivity contribution is 5.99. The van der Waals surface area contributed by atoms with E-state index >= 15 is 0 Å². The molecular weight excluding hydrogens is 1260 g/mol. The number of ether oxygens (including phenoxy) is 1. The summed E-state index contributed by atoms with van der Waals surface area (Å²) in [6.45, 7) is 29.4. The largest absolute Gasteiger partial charge is 0.457 e. The Morgan fingerprint density at radius 2 is 1.04 bits per heavy atom. The third-order valence-electron chi connectivity index (χ3n) is 21.6. The number of anilines is 2. The van der Waals surface area contributed by atoms with E-state index in [1.54, 1.807) is 58.3 Å².